The maximum atomic E-state index is 12.1. The number of hydrogen-bond donors (Lipinski definition) is 1. The quantitative estimate of drug-likeness (QED) is 0.767. The van der Waals surface area contributed by atoms with E-state index in [1.165, 1.54) is 4.90 Å². The van der Waals surface area contributed by atoms with Gasteiger partial charge in [0.05, 0.1) is 31.5 Å². The molecule has 1 unspecified atom stereocenters. The van der Waals surface area contributed by atoms with Gasteiger partial charge in [-0.1, -0.05) is 0 Å². The summed E-state index contributed by atoms with van der Waals surface area (Å²) in [6, 6.07) is -0.601. The minimum atomic E-state index is -0.495. The van der Waals surface area contributed by atoms with Crippen LogP contribution in [-0.2, 0) is 20.9 Å². The van der Waals surface area contributed by atoms with Crippen LogP contribution in [0.1, 0.15) is 20.3 Å². The third kappa shape index (κ3) is 2.98. The number of ether oxygens (including phenoxy) is 1. The summed E-state index contributed by atoms with van der Waals surface area (Å²) in [6.07, 6.45) is 3.64. The molecule has 7 heteroatoms. The molecule has 1 N–H and O–H groups in total. The first-order valence-corrected chi connectivity index (χ1v) is 6.66. The van der Waals surface area contributed by atoms with E-state index in [1.54, 1.807) is 24.2 Å². The van der Waals surface area contributed by atoms with E-state index in [4.69, 9.17) is 4.74 Å². The van der Waals surface area contributed by atoms with E-state index in [1.807, 2.05) is 13.8 Å². The molecule has 1 aliphatic heterocycles. The summed E-state index contributed by atoms with van der Waals surface area (Å²) in [5.41, 5.74) is 0.734. The Labute approximate surface area is 117 Å². The van der Waals surface area contributed by atoms with E-state index in [9.17, 15) is 9.59 Å². The smallest absolute Gasteiger partial charge is 0.252 e. The highest BCUT2D eigenvalue weighted by atomic mass is 16.5. The summed E-state index contributed by atoms with van der Waals surface area (Å²) in [5.74, 6) is -0.302. The number of hydrogen-bond acceptors (Lipinski definition) is 5. The topological polar surface area (TPSA) is 76.5 Å². The van der Waals surface area contributed by atoms with Crippen LogP contribution in [0.15, 0.2) is 12.4 Å². The lowest BCUT2D eigenvalue weighted by molar-refractivity contribution is -0.140. The van der Waals surface area contributed by atoms with Crippen molar-refractivity contribution in [1.82, 2.24) is 14.7 Å². The molecule has 1 atom stereocenters. The molecule has 1 aromatic heterocycles. The van der Waals surface area contributed by atoms with Gasteiger partial charge in [-0.15, -0.1) is 0 Å². The van der Waals surface area contributed by atoms with Crippen molar-refractivity contribution >= 4 is 17.5 Å². The second kappa shape index (κ2) is 6.04. The van der Waals surface area contributed by atoms with Crippen molar-refractivity contribution in [2.24, 2.45) is 0 Å². The average Bonchev–Trinajstić information content (AvgIpc) is 2.93. The molecule has 7 nitrogen and oxygen atoms in total. The number of nitrogens with one attached hydrogen (secondary N) is 1. The summed E-state index contributed by atoms with van der Waals surface area (Å²) in [6.45, 7) is 4.89. The molecule has 0 radical (unpaired) electrons. The number of rotatable bonds is 6. The number of aromatic nitrogens is 2. The predicted octanol–water partition coefficient (Wildman–Crippen LogP) is 0.477. The van der Waals surface area contributed by atoms with E-state index in [2.05, 4.69) is 10.4 Å². The number of imide groups is 1. The van der Waals surface area contributed by atoms with E-state index >= 15 is 0 Å². The van der Waals surface area contributed by atoms with Crippen LogP contribution in [0.4, 0.5) is 5.69 Å². The Morgan fingerprint density at radius 1 is 1.50 bits per heavy atom. The third-order valence-corrected chi connectivity index (χ3v) is 3.20. The number of anilines is 1. The van der Waals surface area contributed by atoms with Crippen LogP contribution in [0.5, 0.6) is 0 Å². The van der Waals surface area contributed by atoms with Crippen LogP contribution in [-0.4, -0.2) is 52.3 Å². The highest BCUT2D eigenvalue weighted by Gasteiger charge is 2.39. The lowest BCUT2D eigenvalue weighted by Gasteiger charge is -2.19. The summed E-state index contributed by atoms with van der Waals surface area (Å²) in [5, 5.41) is 7.22. The second-order valence-corrected chi connectivity index (χ2v) is 5.08. The summed E-state index contributed by atoms with van der Waals surface area (Å²) in [4.78, 5) is 25.2. The normalized spacial score (nSPS) is 19.2. The van der Waals surface area contributed by atoms with Crippen LogP contribution in [0.25, 0.3) is 0 Å². The molecule has 2 heterocycles. The molecule has 20 heavy (non-hydrogen) atoms. The molecule has 2 rings (SSSR count). The van der Waals surface area contributed by atoms with Crippen LogP contribution in [0.2, 0.25) is 0 Å². The van der Waals surface area contributed by atoms with Gasteiger partial charge in [-0.2, -0.15) is 5.10 Å². The lowest BCUT2D eigenvalue weighted by Crippen LogP contribution is -2.39. The molecular weight excluding hydrogens is 260 g/mol. The molecule has 0 aromatic carbocycles. The number of methoxy groups -OCH3 is 1. The largest absolute Gasteiger partial charge is 0.383 e. The van der Waals surface area contributed by atoms with Crippen molar-refractivity contribution in [3.05, 3.63) is 12.4 Å². The van der Waals surface area contributed by atoms with Crippen LogP contribution < -0.4 is 5.32 Å². The standard InChI is InChI=1S/C13H20N4O3/c1-9(2)17-12(18)6-11(13(17)19)15-10-7-14-16(8-10)4-5-20-3/h7-9,11,15H,4-6H2,1-3H3. The minimum absolute atomic E-state index is 0.105. The zero-order valence-corrected chi connectivity index (χ0v) is 12.0. The number of nitrogens with zero attached hydrogens (tertiary/aromatic N) is 3. The van der Waals surface area contributed by atoms with E-state index in [0.29, 0.717) is 13.2 Å². The Morgan fingerprint density at radius 2 is 2.25 bits per heavy atom. The summed E-state index contributed by atoms with van der Waals surface area (Å²) >= 11 is 0. The molecule has 1 aliphatic rings. The van der Waals surface area contributed by atoms with Crippen LogP contribution in [0, 0.1) is 0 Å². The molecule has 1 aromatic rings. The van der Waals surface area contributed by atoms with Gasteiger partial charge >= 0.3 is 0 Å². The molecule has 110 valence electrons. The van der Waals surface area contributed by atoms with Gasteiger partial charge < -0.3 is 10.1 Å². The summed E-state index contributed by atoms with van der Waals surface area (Å²) in [7, 11) is 1.63. The molecular formula is C13H20N4O3. The lowest BCUT2D eigenvalue weighted by atomic mass is 10.2. The van der Waals surface area contributed by atoms with E-state index < -0.39 is 6.04 Å². The number of carbonyl (C=O) groups is 2. The van der Waals surface area contributed by atoms with Gasteiger partial charge in [0.25, 0.3) is 5.91 Å². The summed E-state index contributed by atoms with van der Waals surface area (Å²) < 4.78 is 6.70. The first kappa shape index (κ1) is 14.5. The molecule has 0 spiro atoms. The third-order valence-electron chi connectivity index (χ3n) is 3.20. The van der Waals surface area contributed by atoms with Crippen molar-refractivity contribution in [2.75, 3.05) is 19.0 Å². The number of amides is 2. The second-order valence-electron chi connectivity index (χ2n) is 5.08. The highest BCUT2D eigenvalue weighted by molar-refractivity contribution is 6.07. The van der Waals surface area contributed by atoms with E-state index in [0.717, 1.165) is 5.69 Å². The Morgan fingerprint density at radius 3 is 2.85 bits per heavy atom. The van der Waals surface area contributed by atoms with Crippen LogP contribution in [0.3, 0.4) is 0 Å². The van der Waals surface area contributed by atoms with Crippen LogP contribution >= 0.6 is 0 Å². The maximum Gasteiger partial charge on any atom is 0.252 e. The Hall–Kier alpha value is -1.89. The van der Waals surface area contributed by atoms with Gasteiger partial charge in [-0.3, -0.25) is 19.2 Å². The first-order valence-electron chi connectivity index (χ1n) is 6.66. The fourth-order valence-electron chi connectivity index (χ4n) is 2.25. The molecule has 2 amide bonds. The Kier molecular flexibility index (Phi) is 4.39. The van der Waals surface area contributed by atoms with Gasteiger partial charge in [-0.25, -0.2) is 0 Å². The van der Waals surface area contributed by atoms with Gasteiger partial charge in [0.2, 0.25) is 5.91 Å². The molecule has 0 bridgehead atoms. The highest BCUT2D eigenvalue weighted by Crippen LogP contribution is 2.20. The van der Waals surface area contributed by atoms with Crippen molar-refractivity contribution < 1.29 is 14.3 Å². The Balaban J connectivity index is 1.98. The Bertz CT molecular complexity index is 498. The van der Waals surface area contributed by atoms with Gasteiger partial charge in [0.15, 0.2) is 0 Å². The van der Waals surface area contributed by atoms with Gasteiger partial charge in [-0.05, 0) is 13.8 Å². The first-order chi connectivity index (χ1) is 9.52. The zero-order valence-electron chi connectivity index (χ0n) is 12.0. The molecule has 0 aliphatic carbocycles. The average molecular weight is 280 g/mol. The van der Waals surface area contributed by atoms with E-state index in [-0.39, 0.29) is 24.3 Å². The van der Waals surface area contributed by atoms with Crippen molar-refractivity contribution in [2.45, 2.75) is 38.9 Å². The van der Waals surface area contributed by atoms with Gasteiger partial charge in [0.1, 0.15) is 6.04 Å². The number of carbonyl (C=O) groups excluding carboxylic acids is 2. The molecule has 1 saturated heterocycles. The van der Waals surface area contributed by atoms with Crippen molar-refractivity contribution in [3.63, 3.8) is 0 Å². The molecule has 1 fully saturated rings. The van der Waals surface area contributed by atoms with Gasteiger partial charge in [0, 0.05) is 19.3 Å². The predicted molar refractivity (Wildman–Crippen MR) is 73.1 cm³/mol. The van der Waals surface area contributed by atoms with Crippen molar-refractivity contribution in [3.8, 4) is 0 Å². The molecule has 0 saturated carbocycles. The van der Waals surface area contributed by atoms with Crippen molar-refractivity contribution in [1.29, 1.82) is 0 Å². The fourth-order valence-corrected chi connectivity index (χ4v) is 2.25. The SMILES string of the molecule is COCCn1cc(NC2CC(=O)N(C(C)C)C2=O)cn1. The zero-order chi connectivity index (χ0) is 14.7. The number of likely N-dealkylation sites (tertiary alicyclic amines) is 1. The monoisotopic (exact) mass is 280 g/mol. The minimum Gasteiger partial charge on any atom is -0.383 e. The maximum absolute atomic E-state index is 12.1. The fraction of sp³-hybridized carbons (Fsp3) is 0.615.